The molecule has 1 unspecified atom stereocenters. The van der Waals surface area contributed by atoms with Gasteiger partial charge in [0.15, 0.2) is 11.5 Å². The molecule has 29 heavy (non-hydrogen) atoms. The number of hydrogen-bond acceptors (Lipinski definition) is 6. The first-order chi connectivity index (χ1) is 13.8. The summed E-state index contributed by atoms with van der Waals surface area (Å²) in [5.41, 5.74) is 0.894. The zero-order chi connectivity index (χ0) is 21.3. The van der Waals surface area contributed by atoms with E-state index in [9.17, 15) is 8.42 Å². The summed E-state index contributed by atoms with van der Waals surface area (Å²) in [5, 5.41) is 8.68. The highest BCUT2D eigenvalue weighted by molar-refractivity contribution is 7.89. The van der Waals surface area contributed by atoms with Gasteiger partial charge in [-0.25, -0.2) is 13.6 Å². The number of ether oxygens (including phenoxy) is 3. The molecule has 7 nitrogen and oxygen atoms in total. The summed E-state index contributed by atoms with van der Waals surface area (Å²) >= 11 is 0. The summed E-state index contributed by atoms with van der Waals surface area (Å²) in [5.74, 6) is 1.73. The number of nitrogens with two attached hydrogens (primary N) is 1. The molecule has 0 aliphatic carbocycles. The van der Waals surface area contributed by atoms with Gasteiger partial charge in [-0.1, -0.05) is 18.2 Å². The lowest BCUT2D eigenvalue weighted by Crippen LogP contribution is -2.30. The van der Waals surface area contributed by atoms with Gasteiger partial charge >= 0.3 is 0 Å². The fraction of sp³-hybridized carbons (Fsp3) is 0.429. The van der Waals surface area contributed by atoms with Crippen molar-refractivity contribution < 1.29 is 22.6 Å². The van der Waals surface area contributed by atoms with Crippen LogP contribution in [0, 0.1) is 0 Å². The van der Waals surface area contributed by atoms with E-state index >= 15 is 0 Å². The third-order valence-corrected chi connectivity index (χ3v) is 5.33. The Bertz CT molecular complexity index is 886. The number of benzene rings is 2. The molecule has 0 amide bonds. The van der Waals surface area contributed by atoms with Gasteiger partial charge in [0.05, 0.1) is 13.7 Å². The Morgan fingerprint density at radius 3 is 2.38 bits per heavy atom. The van der Waals surface area contributed by atoms with E-state index in [1.54, 1.807) is 12.1 Å². The summed E-state index contributed by atoms with van der Waals surface area (Å²) in [6.07, 6.45) is 1.56. The lowest BCUT2D eigenvalue weighted by atomic mass is 10.1. The van der Waals surface area contributed by atoms with Crippen LogP contribution in [0.3, 0.4) is 0 Å². The van der Waals surface area contributed by atoms with Crippen LogP contribution in [0.25, 0.3) is 0 Å². The molecule has 0 saturated carbocycles. The van der Waals surface area contributed by atoms with Crippen LogP contribution in [0.5, 0.6) is 17.2 Å². The predicted octanol–water partition coefficient (Wildman–Crippen LogP) is 2.73. The minimum Gasteiger partial charge on any atom is -0.495 e. The largest absolute Gasteiger partial charge is 0.495 e. The van der Waals surface area contributed by atoms with E-state index in [0.29, 0.717) is 26.2 Å². The first-order valence-electron chi connectivity index (χ1n) is 9.63. The van der Waals surface area contributed by atoms with Crippen molar-refractivity contribution in [2.24, 2.45) is 5.14 Å². The summed E-state index contributed by atoms with van der Waals surface area (Å²) in [7, 11) is -2.40. The minimum absolute atomic E-state index is 0.0134. The van der Waals surface area contributed by atoms with Crippen LogP contribution in [0.2, 0.25) is 0 Å². The van der Waals surface area contributed by atoms with Crippen LogP contribution < -0.4 is 24.7 Å². The van der Waals surface area contributed by atoms with Crippen molar-refractivity contribution in [3.05, 3.63) is 48.0 Å². The summed E-state index contributed by atoms with van der Waals surface area (Å²) in [6.45, 7) is 5.82. The van der Waals surface area contributed by atoms with E-state index in [1.807, 2.05) is 37.3 Å². The number of hydrogen-bond donors (Lipinski definition) is 2. The van der Waals surface area contributed by atoms with Gasteiger partial charge in [0.25, 0.3) is 0 Å². The van der Waals surface area contributed by atoms with Crippen molar-refractivity contribution in [3.63, 3.8) is 0 Å². The topological polar surface area (TPSA) is 99.9 Å². The normalized spacial score (nSPS) is 12.4. The number of sulfonamides is 1. The molecule has 3 N–H and O–H groups in total. The molecule has 0 heterocycles. The lowest BCUT2D eigenvalue weighted by Gasteiger charge is -2.16. The molecule has 1 atom stereocenters. The van der Waals surface area contributed by atoms with E-state index in [2.05, 4.69) is 12.2 Å². The summed E-state index contributed by atoms with van der Waals surface area (Å²) in [6, 6.07) is 12.9. The van der Waals surface area contributed by atoms with Gasteiger partial charge in [-0.2, -0.15) is 0 Å². The molecule has 2 aromatic carbocycles. The first kappa shape index (κ1) is 23.0. The molecule has 0 aromatic heterocycles. The van der Waals surface area contributed by atoms with Gasteiger partial charge in [0, 0.05) is 12.6 Å². The molecule has 0 fully saturated rings. The number of aryl methyl sites for hydroxylation is 1. The van der Waals surface area contributed by atoms with Crippen molar-refractivity contribution in [1.29, 1.82) is 0 Å². The van der Waals surface area contributed by atoms with Gasteiger partial charge in [0.1, 0.15) is 17.3 Å². The standard InChI is InChI=1S/C21H30N2O5S/c1-4-27-18-7-5-6-8-19(18)28-14-13-23-16(2)9-10-17-11-12-20(26-3)21(15-17)29(22,24)25/h5-8,11-12,15-16,23H,4,9-10,13-14H2,1-3H3,(H2,22,24,25). The fourth-order valence-corrected chi connectivity index (χ4v) is 3.64. The third kappa shape index (κ3) is 7.23. The summed E-state index contributed by atoms with van der Waals surface area (Å²) in [4.78, 5) is 0.0134. The molecule has 2 rings (SSSR count). The maximum Gasteiger partial charge on any atom is 0.241 e. The maximum atomic E-state index is 11.7. The number of methoxy groups -OCH3 is 1. The van der Waals surface area contributed by atoms with E-state index in [-0.39, 0.29) is 16.7 Å². The van der Waals surface area contributed by atoms with Crippen LogP contribution >= 0.6 is 0 Å². The number of para-hydroxylation sites is 2. The molecule has 8 heteroatoms. The molecular formula is C21H30N2O5S. The van der Waals surface area contributed by atoms with Crippen LogP contribution in [-0.2, 0) is 16.4 Å². The Morgan fingerprint density at radius 1 is 1.07 bits per heavy atom. The van der Waals surface area contributed by atoms with E-state index in [0.717, 1.165) is 23.5 Å². The zero-order valence-corrected chi connectivity index (χ0v) is 18.0. The molecular weight excluding hydrogens is 392 g/mol. The number of rotatable bonds is 12. The smallest absolute Gasteiger partial charge is 0.241 e. The fourth-order valence-electron chi connectivity index (χ4n) is 2.89. The number of nitrogens with one attached hydrogen (secondary N) is 1. The zero-order valence-electron chi connectivity index (χ0n) is 17.2. The average Bonchev–Trinajstić information content (AvgIpc) is 2.70. The minimum atomic E-state index is -3.83. The van der Waals surface area contributed by atoms with Crippen LogP contribution in [-0.4, -0.2) is 41.3 Å². The molecule has 2 aromatic rings. The van der Waals surface area contributed by atoms with E-state index < -0.39 is 10.0 Å². The second-order valence-electron chi connectivity index (χ2n) is 6.65. The maximum absolute atomic E-state index is 11.7. The molecule has 0 radical (unpaired) electrons. The molecule has 0 aliphatic heterocycles. The second kappa shape index (κ2) is 11.0. The molecule has 0 aliphatic rings. The Balaban J connectivity index is 1.80. The lowest BCUT2D eigenvalue weighted by molar-refractivity contribution is 0.272. The molecule has 0 saturated heterocycles. The van der Waals surface area contributed by atoms with Gasteiger partial charge < -0.3 is 19.5 Å². The molecule has 0 spiro atoms. The Hall–Kier alpha value is -2.29. The highest BCUT2D eigenvalue weighted by atomic mass is 32.2. The van der Waals surface area contributed by atoms with Crippen molar-refractivity contribution in [3.8, 4) is 17.2 Å². The third-order valence-electron chi connectivity index (χ3n) is 4.40. The molecule has 0 bridgehead atoms. The Kier molecular flexibility index (Phi) is 8.75. The number of primary sulfonamides is 1. The van der Waals surface area contributed by atoms with Crippen molar-refractivity contribution in [2.75, 3.05) is 26.9 Å². The second-order valence-corrected chi connectivity index (χ2v) is 8.18. The highest BCUT2D eigenvalue weighted by Gasteiger charge is 2.15. The Morgan fingerprint density at radius 2 is 1.76 bits per heavy atom. The van der Waals surface area contributed by atoms with Crippen LogP contribution in [0.1, 0.15) is 25.8 Å². The molecule has 160 valence electrons. The quantitative estimate of drug-likeness (QED) is 0.510. The first-order valence-corrected chi connectivity index (χ1v) is 11.2. The van der Waals surface area contributed by atoms with Gasteiger partial charge in [-0.3, -0.25) is 0 Å². The predicted molar refractivity (Wildman–Crippen MR) is 113 cm³/mol. The van der Waals surface area contributed by atoms with Crippen LogP contribution in [0.15, 0.2) is 47.4 Å². The highest BCUT2D eigenvalue weighted by Crippen LogP contribution is 2.26. The monoisotopic (exact) mass is 422 g/mol. The van der Waals surface area contributed by atoms with E-state index in [1.165, 1.54) is 7.11 Å². The SMILES string of the molecule is CCOc1ccccc1OCCNC(C)CCc1ccc(OC)c(S(N)(=O)=O)c1. The van der Waals surface area contributed by atoms with E-state index in [4.69, 9.17) is 19.3 Å². The van der Waals surface area contributed by atoms with Crippen molar-refractivity contribution >= 4 is 10.0 Å². The van der Waals surface area contributed by atoms with Crippen LogP contribution in [0.4, 0.5) is 0 Å². The van der Waals surface area contributed by atoms with Crippen molar-refractivity contribution in [1.82, 2.24) is 5.32 Å². The van der Waals surface area contributed by atoms with Gasteiger partial charge in [0.2, 0.25) is 10.0 Å². The van der Waals surface area contributed by atoms with Crippen molar-refractivity contribution in [2.45, 2.75) is 37.6 Å². The average molecular weight is 423 g/mol. The van der Waals surface area contributed by atoms with Gasteiger partial charge in [-0.05, 0) is 56.5 Å². The Labute approximate surface area is 173 Å². The summed E-state index contributed by atoms with van der Waals surface area (Å²) < 4.78 is 39.9. The van der Waals surface area contributed by atoms with Gasteiger partial charge in [-0.15, -0.1) is 0 Å².